The normalized spacial score (nSPS) is 14.0. The number of hydrogen-bond acceptors (Lipinski definition) is 6. The highest BCUT2D eigenvalue weighted by molar-refractivity contribution is 7.99. The maximum Gasteiger partial charge on any atom is 0.137 e. The van der Waals surface area contributed by atoms with Crippen LogP contribution in [0.1, 0.15) is 26.3 Å². The Morgan fingerprint density at radius 3 is 2.27 bits per heavy atom. The first-order valence-electron chi connectivity index (χ1n) is 13.9. The number of nitrogens with zero attached hydrogens (tertiary/aromatic N) is 4. The Morgan fingerprint density at radius 1 is 0.707 bits per heavy atom. The lowest BCUT2D eigenvalue weighted by Crippen LogP contribution is -2.23. The molecule has 0 bridgehead atoms. The number of rotatable bonds is 4. The van der Waals surface area contributed by atoms with Crippen LogP contribution in [0.15, 0.2) is 119 Å². The van der Waals surface area contributed by atoms with Gasteiger partial charge in [0.2, 0.25) is 0 Å². The average molecular weight is 557 g/mol. The van der Waals surface area contributed by atoms with Gasteiger partial charge in [-0.05, 0) is 71.6 Å². The van der Waals surface area contributed by atoms with E-state index in [1.54, 1.807) is 11.8 Å². The molecule has 0 N–H and O–H groups in total. The van der Waals surface area contributed by atoms with E-state index < -0.39 is 0 Å². The third kappa shape index (κ3) is 4.68. The third-order valence-corrected chi connectivity index (χ3v) is 8.77. The first-order valence-corrected chi connectivity index (χ1v) is 14.7. The van der Waals surface area contributed by atoms with E-state index in [0.717, 1.165) is 41.0 Å². The monoisotopic (exact) mass is 556 g/mol. The van der Waals surface area contributed by atoms with E-state index in [2.05, 4.69) is 140 Å². The van der Waals surface area contributed by atoms with Crippen LogP contribution in [0.2, 0.25) is 0 Å². The van der Waals surface area contributed by atoms with Gasteiger partial charge in [-0.25, -0.2) is 4.98 Å². The van der Waals surface area contributed by atoms with Crippen molar-refractivity contribution in [3.05, 3.63) is 115 Å². The van der Waals surface area contributed by atoms with Crippen molar-refractivity contribution in [2.45, 2.75) is 36.0 Å². The minimum absolute atomic E-state index is 0.0191. The third-order valence-electron chi connectivity index (χ3n) is 7.64. The molecule has 1 aromatic heterocycles. The molecule has 4 aromatic carbocycles. The topological polar surface area (TPSA) is 31.8 Å². The Bertz CT molecular complexity index is 1760. The van der Waals surface area contributed by atoms with E-state index in [9.17, 15) is 0 Å². The van der Waals surface area contributed by atoms with E-state index in [0.29, 0.717) is 0 Å². The second-order valence-electron chi connectivity index (χ2n) is 11.5. The fraction of sp³-hybridized carbons (Fsp3) is 0.171. The van der Waals surface area contributed by atoms with Crippen LogP contribution in [0.3, 0.4) is 0 Å². The highest BCUT2D eigenvalue weighted by Crippen LogP contribution is 2.52. The van der Waals surface area contributed by atoms with Crippen molar-refractivity contribution in [2.75, 3.05) is 28.4 Å². The van der Waals surface area contributed by atoms with Crippen LogP contribution in [0.25, 0.3) is 0 Å². The van der Waals surface area contributed by atoms with Crippen LogP contribution in [0, 0.1) is 0 Å². The quantitative estimate of drug-likeness (QED) is 0.215. The molecule has 0 aliphatic carbocycles. The van der Waals surface area contributed by atoms with Gasteiger partial charge in [0.05, 0.1) is 29.4 Å². The van der Waals surface area contributed by atoms with E-state index >= 15 is 0 Å². The SMILES string of the molecule is CN1CN(c2cccc(Oc3ccc4c(c3)N(c3cc(C(C)(C)C)ccn3)c3ccccc3S4)c2)c2ccccc21. The Kier molecular flexibility index (Phi) is 6.16. The van der Waals surface area contributed by atoms with Gasteiger partial charge in [0, 0.05) is 40.9 Å². The van der Waals surface area contributed by atoms with E-state index in [4.69, 9.17) is 9.72 Å². The molecule has 2 aliphatic heterocycles. The number of pyridine rings is 1. The second kappa shape index (κ2) is 9.89. The predicted octanol–water partition coefficient (Wildman–Crippen LogP) is 9.65. The molecule has 7 rings (SSSR count). The summed E-state index contributed by atoms with van der Waals surface area (Å²) < 4.78 is 6.51. The van der Waals surface area contributed by atoms with Crippen molar-refractivity contribution in [1.82, 2.24) is 4.98 Å². The highest BCUT2D eigenvalue weighted by Gasteiger charge is 2.28. The van der Waals surface area contributed by atoms with Gasteiger partial charge in [-0.3, -0.25) is 4.90 Å². The first-order chi connectivity index (χ1) is 19.8. The Morgan fingerprint density at radius 2 is 1.44 bits per heavy atom. The maximum absolute atomic E-state index is 6.51. The Labute approximate surface area is 246 Å². The summed E-state index contributed by atoms with van der Waals surface area (Å²) in [4.78, 5) is 14.1. The lowest BCUT2D eigenvalue weighted by Gasteiger charge is -2.33. The largest absolute Gasteiger partial charge is 0.457 e. The first kappa shape index (κ1) is 25.5. The van der Waals surface area contributed by atoms with Gasteiger partial charge < -0.3 is 14.5 Å². The van der Waals surface area contributed by atoms with Gasteiger partial charge >= 0.3 is 0 Å². The highest BCUT2D eigenvalue weighted by atomic mass is 32.2. The van der Waals surface area contributed by atoms with Crippen molar-refractivity contribution in [3.63, 3.8) is 0 Å². The molecule has 0 atom stereocenters. The molecule has 5 nitrogen and oxygen atoms in total. The second-order valence-corrected chi connectivity index (χ2v) is 12.6. The molecule has 6 heteroatoms. The lowest BCUT2D eigenvalue weighted by atomic mass is 9.88. The van der Waals surface area contributed by atoms with Gasteiger partial charge in [0.1, 0.15) is 17.3 Å². The van der Waals surface area contributed by atoms with Gasteiger partial charge in [-0.2, -0.15) is 0 Å². The summed E-state index contributed by atoms with van der Waals surface area (Å²) in [6, 6.07) is 36.0. The zero-order valence-electron chi connectivity index (χ0n) is 23.7. The van der Waals surface area contributed by atoms with Gasteiger partial charge in [-0.15, -0.1) is 0 Å². The summed E-state index contributed by atoms with van der Waals surface area (Å²) in [6.45, 7) is 7.50. The molecule has 3 heterocycles. The molecule has 0 spiro atoms. The summed E-state index contributed by atoms with van der Waals surface area (Å²) in [7, 11) is 2.13. The minimum Gasteiger partial charge on any atom is -0.457 e. The number of fused-ring (bicyclic) bond motifs is 3. The number of benzene rings is 4. The molecule has 0 saturated heterocycles. The van der Waals surface area contributed by atoms with Crippen LogP contribution in [0.4, 0.5) is 34.3 Å². The molecular weight excluding hydrogens is 524 g/mol. The molecule has 41 heavy (non-hydrogen) atoms. The molecule has 0 saturated carbocycles. The van der Waals surface area contributed by atoms with Crippen molar-refractivity contribution < 1.29 is 4.74 Å². The smallest absolute Gasteiger partial charge is 0.137 e. The fourth-order valence-corrected chi connectivity index (χ4v) is 6.54. The van der Waals surface area contributed by atoms with Crippen LogP contribution < -0.4 is 19.4 Å². The Hall–Kier alpha value is -4.42. The molecule has 204 valence electrons. The molecule has 0 amide bonds. The zero-order chi connectivity index (χ0) is 28.1. The number of ether oxygens (including phenoxy) is 1. The van der Waals surface area contributed by atoms with E-state index in [1.807, 2.05) is 12.3 Å². The molecule has 0 radical (unpaired) electrons. The van der Waals surface area contributed by atoms with Crippen LogP contribution >= 0.6 is 11.8 Å². The van der Waals surface area contributed by atoms with Crippen molar-refractivity contribution in [3.8, 4) is 11.5 Å². The molecule has 0 unspecified atom stereocenters. The zero-order valence-corrected chi connectivity index (χ0v) is 24.5. The summed E-state index contributed by atoms with van der Waals surface area (Å²) in [5.74, 6) is 2.50. The molecular formula is C35H32N4OS. The molecule has 0 fully saturated rings. The summed E-state index contributed by atoms with van der Waals surface area (Å²) in [5, 5.41) is 0. The van der Waals surface area contributed by atoms with E-state index in [1.165, 1.54) is 26.7 Å². The predicted molar refractivity (Wildman–Crippen MR) is 170 cm³/mol. The maximum atomic E-state index is 6.51. The molecule has 5 aromatic rings. The fourth-order valence-electron chi connectivity index (χ4n) is 5.50. The summed E-state index contributed by atoms with van der Waals surface area (Å²) in [6.07, 6.45) is 1.92. The van der Waals surface area contributed by atoms with Crippen molar-refractivity contribution in [2.24, 2.45) is 0 Å². The van der Waals surface area contributed by atoms with Crippen molar-refractivity contribution in [1.29, 1.82) is 0 Å². The standard InChI is InChI=1S/C35H32N4OS/c1-35(2,3)24-18-19-36-34(20-24)39-30-14-7-8-15-32(30)41-33-17-16-27(22-31(33)39)40-26-11-9-10-25(21-26)38-23-37(4)28-12-5-6-13-29(28)38/h5-22H,23H2,1-4H3. The Balaban J connectivity index is 1.25. The van der Waals surface area contributed by atoms with Gasteiger partial charge in [0.25, 0.3) is 0 Å². The minimum atomic E-state index is 0.0191. The van der Waals surface area contributed by atoms with Crippen molar-refractivity contribution >= 4 is 46.0 Å². The van der Waals surface area contributed by atoms with Crippen LogP contribution in [0.5, 0.6) is 11.5 Å². The average Bonchev–Trinajstić information content (AvgIpc) is 3.32. The summed E-state index contributed by atoms with van der Waals surface area (Å²) in [5.41, 5.74) is 7.00. The van der Waals surface area contributed by atoms with Gasteiger partial charge in [-0.1, -0.05) is 62.9 Å². The molecule has 2 aliphatic rings. The number of hydrogen-bond donors (Lipinski definition) is 0. The van der Waals surface area contributed by atoms with Crippen LogP contribution in [-0.2, 0) is 5.41 Å². The number of aromatic nitrogens is 1. The number of para-hydroxylation sites is 3. The van der Waals surface area contributed by atoms with Crippen LogP contribution in [-0.4, -0.2) is 18.7 Å². The lowest BCUT2D eigenvalue weighted by molar-refractivity contribution is 0.482. The number of anilines is 6. The van der Waals surface area contributed by atoms with Gasteiger partial charge in [0.15, 0.2) is 0 Å². The summed E-state index contributed by atoms with van der Waals surface area (Å²) >= 11 is 1.78. The van der Waals surface area contributed by atoms with E-state index in [-0.39, 0.29) is 5.41 Å².